The predicted molar refractivity (Wildman–Crippen MR) is 57.2 cm³/mol. The first-order valence-electron chi connectivity index (χ1n) is 4.58. The van der Waals surface area contributed by atoms with Gasteiger partial charge in [0.1, 0.15) is 0 Å². The Morgan fingerprint density at radius 2 is 1.83 bits per heavy atom. The number of hydrogen-bond donors (Lipinski definition) is 0. The van der Waals surface area contributed by atoms with Crippen LogP contribution < -0.4 is 0 Å². The predicted octanol–water partition coefficient (Wildman–Crippen LogP) is 4.26. The van der Waals surface area contributed by atoms with E-state index in [0.717, 1.165) is 0 Å². The summed E-state index contributed by atoms with van der Waals surface area (Å²) in [4.78, 5) is 0. The van der Waals surface area contributed by atoms with Gasteiger partial charge in [0, 0.05) is 0 Å². The van der Waals surface area contributed by atoms with Crippen molar-refractivity contribution >= 4 is 0 Å². The minimum absolute atomic E-state index is 1.17. The maximum absolute atomic E-state index is 2.28. The maximum atomic E-state index is 2.28. The Balaban J connectivity index is 3.71. The molecule has 0 aromatic rings. The van der Waals surface area contributed by atoms with E-state index in [9.17, 15) is 0 Å². The molecular weight excluding hydrogens is 144 g/mol. The Kier molecular flexibility index (Phi) is 6.45. The van der Waals surface area contributed by atoms with Crippen LogP contribution in [0, 0.1) is 0 Å². The number of allylic oxidation sites excluding steroid dienone is 6. The molecule has 68 valence electrons. The minimum Gasteiger partial charge on any atom is -0.0877 e. The zero-order valence-corrected chi connectivity index (χ0v) is 8.72. The Hall–Kier alpha value is -0.780. The van der Waals surface area contributed by atoms with Gasteiger partial charge in [-0.3, -0.25) is 0 Å². The zero-order chi connectivity index (χ0) is 9.40. The van der Waals surface area contributed by atoms with Crippen LogP contribution in [0.4, 0.5) is 0 Å². The van der Waals surface area contributed by atoms with Gasteiger partial charge in [-0.25, -0.2) is 0 Å². The van der Waals surface area contributed by atoms with Crippen molar-refractivity contribution in [3.63, 3.8) is 0 Å². The molecule has 0 spiro atoms. The summed E-state index contributed by atoms with van der Waals surface area (Å²) in [5, 5.41) is 0. The smallest absolute Gasteiger partial charge is 0.0285 e. The first-order valence-corrected chi connectivity index (χ1v) is 4.58. The molecule has 0 bridgehead atoms. The van der Waals surface area contributed by atoms with Crippen LogP contribution in [0.25, 0.3) is 0 Å². The fraction of sp³-hybridized carbons (Fsp3) is 0.500. The molecule has 12 heavy (non-hydrogen) atoms. The molecule has 0 fully saturated rings. The molecule has 0 nitrogen and oxygen atoms in total. The highest BCUT2D eigenvalue weighted by molar-refractivity contribution is 5.10. The van der Waals surface area contributed by atoms with Crippen molar-refractivity contribution in [2.75, 3.05) is 0 Å². The Morgan fingerprint density at radius 1 is 1.17 bits per heavy atom. The van der Waals surface area contributed by atoms with Crippen LogP contribution >= 0.6 is 0 Å². The molecule has 0 aromatic heterocycles. The van der Waals surface area contributed by atoms with Gasteiger partial charge in [0.2, 0.25) is 0 Å². The summed E-state index contributed by atoms with van der Waals surface area (Å²) >= 11 is 0. The van der Waals surface area contributed by atoms with E-state index in [0.29, 0.717) is 0 Å². The van der Waals surface area contributed by atoms with E-state index >= 15 is 0 Å². The molecular formula is C12H20. The molecule has 0 radical (unpaired) electrons. The van der Waals surface area contributed by atoms with Crippen molar-refractivity contribution in [2.24, 2.45) is 0 Å². The summed E-state index contributed by atoms with van der Waals surface area (Å²) in [6, 6.07) is 0. The van der Waals surface area contributed by atoms with E-state index in [-0.39, 0.29) is 0 Å². The Labute approximate surface area is 76.7 Å². The van der Waals surface area contributed by atoms with Gasteiger partial charge in [0.25, 0.3) is 0 Å². The van der Waals surface area contributed by atoms with E-state index in [1.807, 2.05) is 6.92 Å². The quantitative estimate of drug-likeness (QED) is 0.430. The SMILES string of the molecule is CC=CC=C(C)CCC=C(C)C. The largest absolute Gasteiger partial charge is 0.0877 e. The maximum Gasteiger partial charge on any atom is -0.0285 e. The molecule has 0 saturated heterocycles. The van der Waals surface area contributed by atoms with Gasteiger partial charge < -0.3 is 0 Å². The third-order valence-corrected chi connectivity index (χ3v) is 1.66. The van der Waals surface area contributed by atoms with Crippen molar-refractivity contribution in [1.82, 2.24) is 0 Å². The minimum atomic E-state index is 1.17. The summed E-state index contributed by atoms with van der Waals surface area (Å²) < 4.78 is 0. The Morgan fingerprint density at radius 3 is 2.33 bits per heavy atom. The average Bonchev–Trinajstić information content (AvgIpc) is 2.00. The van der Waals surface area contributed by atoms with Crippen LogP contribution in [0.1, 0.15) is 40.5 Å². The number of hydrogen-bond acceptors (Lipinski definition) is 0. The van der Waals surface area contributed by atoms with Gasteiger partial charge in [-0.1, -0.05) is 35.5 Å². The second-order valence-corrected chi connectivity index (χ2v) is 3.36. The van der Waals surface area contributed by atoms with Gasteiger partial charge in [0.05, 0.1) is 0 Å². The lowest BCUT2D eigenvalue weighted by molar-refractivity contribution is 0.967. The van der Waals surface area contributed by atoms with Crippen molar-refractivity contribution in [3.8, 4) is 0 Å². The van der Waals surface area contributed by atoms with E-state index in [4.69, 9.17) is 0 Å². The Bertz CT molecular complexity index is 188. The highest BCUT2D eigenvalue weighted by Crippen LogP contribution is 2.06. The fourth-order valence-corrected chi connectivity index (χ4v) is 0.932. The molecule has 0 N–H and O–H groups in total. The molecule has 0 heterocycles. The van der Waals surface area contributed by atoms with E-state index in [2.05, 4.69) is 45.1 Å². The van der Waals surface area contributed by atoms with Gasteiger partial charge in [-0.2, -0.15) is 0 Å². The van der Waals surface area contributed by atoms with Crippen LogP contribution in [0.15, 0.2) is 35.5 Å². The molecule has 0 unspecified atom stereocenters. The first-order chi connectivity index (χ1) is 5.66. The first kappa shape index (κ1) is 11.2. The molecule has 0 rings (SSSR count). The zero-order valence-electron chi connectivity index (χ0n) is 8.72. The van der Waals surface area contributed by atoms with E-state index in [1.165, 1.54) is 24.0 Å². The van der Waals surface area contributed by atoms with Crippen molar-refractivity contribution in [1.29, 1.82) is 0 Å². The van der Waals surface area contributed by atoms with Crippen molar-refractivity contribution < 1.29 is 0 Å². The summed E-state index contributed by atoms with van der Waals surface area (Å²) in [6.45, 7) is 8.51. The second kappa shape index (κ2) is 6.90. The lowest BCUT2D eigenvalue weighted by Crippen LogP contribution is -1.75. The lowest BCUT2D eigenvalue weighted by Gasteiger charge is -1.95. The lowest BCUT2D eigenvalue weighted by atomic mass is 10.1. The van der Waals surface area contributed by atoms with Crippen LogP contribution in [-0.4, -0.2) is 0 Å². The molecule has 0 aliphatic rings. The van der Waals surface area contributed by atoms with E-state index in [1.54, 1.807) is 0 Å². The topological polar surface area (TPSA) is 0 Å². The number of rotatable bonds is 4. The summed E-state index contributed by atoms with van der Waals surface area (Å²) in [6.07, 6.45) is 11.0. The highest BCUT2D eigenvalue weighted by Gasteiger charge is 1.85. The molecule has 0 aromatic carbocycles. The highest BCUT2D eigenvalue weighted by atomic mass is 13.9. The second-order valence-electron chi connectivity index (χ2n) is 3.36. The van der Waals surface area contributed by atoms with Crippen LogP contribution in [0.2, 0.25) is 0 Å². The average molecular weight is 164 g/mol. The van der Waals surface area contributed by atoms with Crippen LogP contribution in [0.5, 0.6) is 0 Å². The molecule has 0 heteroatoms. The van der Waals surface area contributed by atoms with Gasteiger partial charge in [0.15, 0.2) is 0 Å². The van der Waals surface area contributed by atoms with Crippen LogP contribution in [0.3, 0.4) is 0 Å². The van der Waals surface area contributed by atoms with Gasteiger partial charge >= 0.3 is 0 Å². The molecule has 0 saturated carbocycles. The summed E-state index contributed by atoms with van der Waals surface area (Å²) in [5.41, 5.74) is 2.86. The molecule has 0 amide bonds. The van der Waals surface area contributed by atoms with Crippen molar-refractivity contribution in [3.05, 3.63) is 35.5 Å². The molecule has 0 aliphatic heterocycles. The molecule has 0 aliphatic carbocycles. The van der Waals surface area contributed by atoms with E-state index < -0.39 is 0 Å². The fourth-order valence-electron chi connectivity index (χ4n) is 0.932. The molecule has 0 atom stereocenters. The van der Waals surface area contributed by atoms with Gasteiger partial charge in [-0.05, 0) is 40.5 Å². The van der Waals surface area contributed by atoms with Crippen LogP contribution in [-0.2, 0) is 0 Å². The van der Waals surface area contributed by atoms with Gasteiger partial charge in [-0.15, -0.1) is 0 Å². The summed E-state index contributed by atoms with van der Waals surface area (Å²) in [7, 11) is 0. The van der Waals surface area contributed by atoms with Crippen molar-refractivity contribution in [2.45, 2.75) is 40.5 Å². The summed E-state index contributed by atoms with van der Waals surface area (Å²) in [5.74, 6) is 0. The standard InChI is InChI=1S/C12H20/c1-5-6-9-12(4)10-7-8-11(2)3/h5-6,8-9H,7,10H2,1-4H3. The monoisotopic (exact) mass is 164 g/mol. The third-order valence-electron chi connectivity index (χ3n) is 1.66. The third kappa shape index (κ3) is 7.33. The normalized spacial score (nSPS) is 12.2.